The van der Waals surface area contributed by atoms with Gasteiger partial charge in [-0.3, -0.25) is 0 Å². The fourth-order valence-electron chi connectivity index (χ4n) is 1.96. The minimum atomic E-state index is 0.860. The van der Waals surface area contributed by atoms with Gasteiger partial charge in [0.25, 0.3) is 0 Å². The van der Waals surface area contributed by atoms with Crippen LogP contribution in [0.2, 0.25) is 0 Å². The van der Waals surface area contributed by atoms with Crippen molar-refractivity contribution < 1.29 is 0 Å². The topological polar surface area (TPSA) is 3.24 Å². The molecule has 0 bridgehead atoms. The molecule has 0 aromatic rings. The van der Waals surface area contributed by atoms with Crippen LogP contribution < -0.4 is 0 Å². The molecule has 0 heterocycles. The van der Waals surface area contributed by atoms with Gasteiger partial charge in [-0.05, 0) is 31.8 Å². The summed E-state index contributed by atoms with van der Waals surface area (Å²) in [5.41, 5.74) is 0. The van der Waals surface area contributed by atoms with Crippen LogP contribution in [0, 0.1) is 11.8 Å². The summed E-state index contributed by atoms with van der Waals surface area (Å²) in [5, 5.41) is 0. The van der Waals surface area contributed by atoms with Crippen molar-refractivity contribution in [2.45, 2.75) is 53.4 Å². The molecule has 2 atom stereocenters. The lowest BCUT2D eigenvalue weighted by Gasteiger charge is -2.20. The molecule has 0 aromatic carbocycles. The summed E-state index contributed by atoms with van der Waals surface area (Å²) < 4.78 is 0. The van der Waals surface area contributed by atoms with Crippen molar-refractivity contribution in [3.8, 4) is 0 Å². The summed E-state index contributed by atoms with van der Waals surface area (Å²) in [6, 6.07) is 0. The molecule has 0 aliphatic carbocycles. The molecule has 0 aliphatic rings. The van der Waals surface area contributed by atoms with Crippen molar-refractivity contribution in [1.29, 1.82) is 0 Å². The van der Waals surface area contributed by atoms with Crippen LogP contribution in [0.15, 0.2) is 0 Å². The molecule has 0 rings (SSSR count). The monoisotopic (exact) mass is 199 g/mol. The average molecular weight is 199 g/mol. The summed E-state index contributed by atoms with van der Waals surface area (Å²) in [5.74, 6) is 1.79. The average Bonchev–Trinajstić information content (AvgIpc) is 2.15. The number of rotatable bonds is 8. The lowest BCUT2D eigenvalue weighted by molar-refractivity contribution is 0.278. The zero-order valence-electron chi connectivity index (χ0n) is 10.8. The first kappa shape index (κ1) is 14.0. The molecule has 0 fully saturated rings. The van der Waals surface area contributed by atoms with E-state index >= 15 is 0 Å². The van der Waals surface area contributed by atoms with E-state index in [1.165, 1.54) is 38.8 Å². The molecule has 0 spiro atoms. The van der Waals surface area contributed by atoms with E-state index in [-0.39, 0.29) is 0 Å². The van der Waals surface area contributed by atoms with Crippen molar-refractivity contribution >= 4 is 0 Å². The van der Waals surface area contributed by atoms with Gasteiger partial charge >= 0.3 is 0 Å². The highest BCUT2D eigenvalue weighted by molar-refractivity contribution is 4.61. The van der Waals surface area contributed by atoms with Crippen LogP contribution in [0.4, 0.5) is 0 Å². The second-order valence-electron chi connectivity index (χ2n) is 4.93. The van der Waals surface area contributed by atoms with Crippen LogP contribution in [0.25, 0.3) is 0 Å². The summed E-state index contributed by atoms with van der Waals surface area (Å²) in [6.07, 6.45) is 5.54. The minimum Gasteiger partial charge on any atom is -0.306 e. The van der Waals surface area contributed by atoms with Crippen molar-refractivity contribution in [2.24, 2.45) is 11.8 Å². The SMILES string of the molecule is CCCC(C)CCC(C)CN(C)CC. The van der Waals surface area contributed by atoms with Crippen molar-refractivity contribution in [2.75, 3.05) is 20.1 Å². The molecule has 0 radical (unpaired) electrons. The fraction of sp³-hybridized carbons (Fsp3) is 1.00. The molecule has 86 valence electrons. The van der Waals surface area contributed by atoms with E-state index in [0.29, 0.717) is 0 Å². The number of hydrogen-bond acceptors (Lipinski definition) is 1. The third-order valence-corrected chi connectivity index (χ3v) is 3.10. The van der Waals surface area contributed by atoms with Crippen molar-refractivity contribution in [1.82, 2.24) is 4.90 Å². The standard InChI is InChI=1S/C13H29N/c1-6-8-12(3)9-10-13(4)11-14(5)7-2/h12-13H,6-11H2,1-5H3. The van der Waals surface area contributed by atoms with Crippen molar-refractivity contribution in [3.05, 3.63) is 0 Å². The van der Waals surface area contributed by atoms with Gasteiger partial charge in [0.05, 0.1) is 0 Å². The summed E-state index contributed by atoms with van der Waals surface area (Å²) >= 11 is 0. The number of nitrogens with zero attached hydrogens (tertiary/aromatic N) is 1. The van der Waals surface area contributed by atoms with Crippen LogP contribution in [-0.2, 0) is 0 Å². The molecule has 0 aliphatic heterocycles. The first-order chi connectivity index (χ1) is 6.60. The highest BCUT2D eigenvalue weighted by Gasteiger charge is 2.07. The molecular weight excluding hydrogens is 170 g/mol. The highest BCUT2D eigenvalue weighted by Crippen LogP contribution is 2.16. The van der Waals surface area contributed by atoms with Gasteiger partial charge in [-0.25, -0.2) is 0 Å². The fourth-order valence-corrected chi connectivity index (χ4v) is 1.96. The van der Waals surface area contributed by atoms with Gasteiger partial charge in [-0.2, -0.15) is 0 Å². The number of hydrogen-bond donors (Lipinski definition) is 0. The van der Waals surface area contributed by atoms with Gasteiger partial charge in [0.1, 0.15) is 0 Å². The predicted octanol–water partition coefficient (Wildman–Crippen LogP) is 3.79. The van der Waals surface area contributed by atoms with Crippen LogP contribution in [0.5, 0.6) is 0 Å². The van der Waals surface area contributed by atoms with Gasteiger partial charge < -0.3 is 4.90 Å². The van der Waals surface area contributed by atoms with E-state index in [9.17, 15) is 0 Å². The molecule has 0 N–H and O–H groups in total. The zero-order chi connectivity index (χ0) is 11.0. The maximum atomic E-state index is 2.41. The predicted molar refractivity (Wildman–Crippen MR) is 65.6 cm³/mol. The third kappa shape index (κ3) is 7.37. The maximum Gasteiger partial charge on any atom is 0.000385 e. The third-order valence-electron chi connectivity index (χ3n) is 3.10. The Bertz CT molecular complexity index is 122. The lowest BCUT2D eigenvalue weighted by atomic mass is 9.95. The van der Waals surface area contributed by atoms with E-state index in [4.69, 9.17) is 0 Å². The van der Waals surface area contributed by atoms with E-state index in [0.717, 1.165) is 11.8 Å². The Hall–Kier alpha value is -0.0400. The molecule has 2 unspecified atom stereocenters. The summed E-state index contributed by atoms with van der Waals surface area (Å²) in [4.78, 5) is 2.41. The summed E-state index contributed by atoms with van der Waals surface area (Å²) in [6.45, 7) is 11.7. The normalized spacial score (nSPS) is 15.9. The van der Waals surface area contributed by atoms with Gasteiger partial charge in [0, 0.05) is 6.54 Å². The van der Waals surface area contributed by atoms with Crippen LogP contribution in [0.3, 0.4) is 0 Å². The van der Waals surface area contributed by atoms with E-state index in [2.05, 4.69) is 39.6 Å². The molecule has 1 nitrogen and oxygen atoms in total. The van der Waals surface area contributed by atoms with Crippen LogP contribution >= 0.6 is 0 Å². The van der Waals surface area contributed by atoms with Gasteiger partial charge in [-0.1, -0.05) is 47.0 Å². The Morgan fingerprint density at radius 3 is 2.00 bits per heavy atom. The molecule has 0 saturated heterocycles. The lowest BCUT2D eigenvalue weighted by Crippen LogP contribution is -2.24. The van der Waals surface area contributed by atoms with Crippen molar-refractivity contribution in [3.63, 3.8) is 0 Å². The van der Waals surface area contributed by atoms with Gasteiger partial charge in [-0.15, -0.1) is 0 Å². The quantitative estimate of drug-likeness (QED) is 0.575. The van der Waals surface area contributed by atoms with E-state index in [1.54, 1.807) is 0 Å². The molecule has 0 saturated carbocycles. The van der Waals surface area contributed by atoms with Crippen LogP contribution in [0.1, 0.15) is 53.4 Å². The first-order valence-corrected chi connectivity index (χ1v) is 6.28. The Labute approximate surface area is 90.9 Å². The van der Waals surface area contributed by atoms with E-state index in [1.807, 2.05) is 0 Å². The molecule has 0 aromatic heterocycles. The largest absolute Gasteiger partial charge is 0.306 e. The van der Waals surface area contributed by atoms with Crippen LogP contribution in [-0.4, -0.2) is 25.0 Å². The second-order valence-corrected chi connectivity index (χ2v) is 4.93. The maximum absolute atomic E-state index is 2.41. The smallest absolute Gasteiger partial charge is 0.000385 e. The molecule has 1 heteroatoms. The Balaban J connectivity index is 3.47. The molecule has 0 amide bonds. The highest BCUT2D eigenvalue weighted by atomic mass is 15.1. The minimum absolute atomic E-state index is 0.860. The Morgan fingerprint density at radius 1 is 0.929 bits per heavy atom. The first-order valence-electron chi connectivity index (χ1n) is 6.28. The summed E-state index contributed by atoms with van der Waals surface area (Å²) in [7, 11) is 2.21. The molecule has 14 heavy (non-hydrogen) atoms. The Kier molecular flexibility index (Phi) is 8.26. The van der Waals surface area contributed by atoms with Gasteiger partial charge in [0.15, 0.2) is 0 Å². The zero-order valence-corrected chi connectivity index (χ0v) is 10.8. The van der Waals surface area contributed by atoms with Gasteiger partial charge in [0.2, 0.25) is 0 Å². The second kappa shape index (κ2) is 8.28. The molecular formula is C13H29N. The Morgan fingerprint density at radius 2 is 1.50 bits per heavy atom. The van der Waals surface area contributed by atoms with E-state index < -0.39 is 0 Å².